The molecular weight excluding hydrogens is 358 g/mol. The van der Waals surface area contributed by atoms with Crippen molar-refractivity contribution in [1.82, 2.24) is 10.2 Å². The van der Waals surface area contributed by atoms with Gasteiger partial charge in [0, 0.05) is 19.1 Å². The largest absolute Gasteiger partial charge is 0.468 e. The second-order valence-electron chi connectivity index (χ2n) is 7.92. The summed E-state index contributed by atoms with van der Waals surface area (Å²) < 4.78 is 10.2. The number of carbonyl (C=O) groups excluding carboxylic acids is 2. The Morgan fingerprint density at radius 2 is 2.07 bits per heavy atom. The monoisotopic (exact) mass is 387 g/mol. The average molecular weight is 387 g/mol. The Labute approximate surface area is 166 Å². The molecule has 0 saturated heterocycles. The molecule has 1 N–H and O–H groups in total. The molecule has 0 heterocycles. The van der Waals surface area contributed by atoms with Gasteiger partial charge in [0.1, 0.15) is 5.60 Å². The van der Waals surface area contributed by atoms with Gasteiger partial charge in [-0.25, -0.2) is 4.79 Å². The van der Waals surface area contributed by atoms with E-state index in [-0.39, 0.29) is 24.6 Å². The number of carbonyl (C=O) groups is 2. The van der Waals surface area contributed by atoms with Gasteiger partial charge in [-0.1, -0.05) is 6.07 Å². The fourth-order valence-corrected chi connectivity index (χ4v) is 3.28. The van der Waals surface area contributed by atoms with Crippen molar-refractivity contribution in [3.8, 4) is 6.07 Å². The van der Waals surface area contributed by atoms with Crippen LogP contribution in [-0.4, -0.2) is 55.3 Å². The molecule has 0 radical (unpaired) electrons. The van der Waals surface area contributed by atoms with Crippen LogP contribution < -0.4 is 5.32 Å². The standard InChI is InChI=1S/C21H29N3O4/c1-21(2,3)28-20(26)24(10-9-23-14-19(25)27-4)18-8-7-16-6-5-15(13-22)11-17(16)12-18/h5-6,11,18,23H,7-10,12,14H2,1-4H3. The molecule has 0 saturated carbocycles. The molecule has 7 nitrogen and oxygen atoms in total. The maximum absolute atomic E-state index is 12.8. The molecule has 152 valence electrons. The van der Waals surface area contributed by atoms with Gasteiger partial charge < -0.3 is 19.7 Å². The van der Waals surface area contributed by atoms with Crippen molar-refractivity contribution in [3.63, 3.8) is 0 Å². The van der Waals surface area contributed by atoms with E-state index in [4.69, 9.17) is 10.00 Å². The lowest BCUT2D eigenvalue weighted by Crippen LogP contribution is -2.48. The lowest BCUT2D eigenvalue weighted by atomic mass is 9.86. The van der Waals surface area contributed by atoms with Crippen LogP contribution in [0.3, 0.4) is 0 Å². The van der Waals surface area contributed by atoms with Crippen LogP contribution in [0.5, 0.6) is 0 Å². The summed E-state index contributed by atoms with van der Waals surface area (Å²) in [5.74, 6) is -0.348. The first kappa shape index (κ1) is 21.7. The van der Waals surface area contributed by atoms with Crippen LogP contribution in [0.25, 0.3) is 0 Å². The maximum Gasteiger partial charge on any atom is 0.410 e. The van der Waals surface area contributed by atoms with E-state index in [0.717, 1.165) is 18.4 Å². The van der Waals surface area contributed by atoms with Crippen LogP contribution in [0, 0.1) is 11.3 Å². The number of nitriles is 1. The highest BCUT2D eigenvalue weighted by Gasteiger charge is 2.30. The summed E-state index contributed by atoms with van der Waals surface area (Å²) in [6, 6.07) is 7.90. The smallest absolute Gasteiger partial charge is 0.410 e. The fourth-order valence-electron chi connectivity index (χ4n) is 3.28. The summed E-state index contributed by atoms with van der Waals surface area (Å²) in [5.41, 5.74) is 2.37. The number of benzene rings is 1. The Bertz CT molecular complexity index is 749. The van der Waals surface area contributed by atoms with E-state index < -0.39 is 5.60 Å². The molecule has 0 bridgehead atoms. The minimum Gasteiger partial charge on any atom is -0.468 e. The van der Waals surface area contributed by atoms with Crippen LogP contribution in [0.1, 0.15) is 43.9 Å². The van der Waals surface area contributed by atoms with Crippen molar-refractivity contribution in [2.75, 3.05) is 26.7 Å². The number of rotatable bonds is 6. The van der Waals surface area contributed by atoms with Gasteiger partial charge in [0.15, 0.2) is 0 Å². The molecule has 28 heavy (non-hydrogen) atoms. The highest BCUT2D eigenvalue weighted by atomic mass is 16.6. The zero-order valence-corrected chi connectivity index (χ0v) is 17.1. The number of hydrogen-bond donors (Lipinski definition) is 1. The first-order valence-corrected chi connectivity index (χ1v) is 9.52. The number of nitrogens with one attached hydrogen (secondary N) is 1. The molecule has 1 unspecified atom stereocenters. The summed E-state index contributed by atoms with van der Waals surface area (Å²) in [6.07, 6.45) is 1.99. The molecule has 1 aliphatic rings. The molecule has 0 fully saturated rings. The van der Waals surface area contributed by atoms with Crippen LogP contribution in [-0.2, 0) is 27.1 Å². The van der Waals surface area contributed by atoms with Crippen molar-refractivity contribution in [2.45, 2.75) is 51.7 Å². The summed E-state index contributed by atoms with van der Waals surface area (Å²) in [7, 11) is 1.34. The molecule has 0 aliphatic heterocycles. The van der Waals surface area contributed by atoms with Crippen LogP contribution in [0.4, 0.5) is 4.79 Å². The number of aryl methyl sites for hydroxylation is 1. The fraction of sp³-hybridized carbons (Fsp3) is 0.571. The number of hydrogen-bond acceptors (Lipinski definition) is 6. The van der Waals surface area contributed by atoms with E-state index in [1.165, 1.54) is 12.7 Å². The Morgan fingerprint density at radius 3 is 2.71 bits per heavy atom. The highest BCUT2D eigenvalue weighted by molar-refractivity contribution is 5.71. The Kier molecular flexibility index (Phi) is 7.41. The predicted molar refractivity (Wildman–Crippen MR) is 105 cm³/mol. The van der Waals surface area contributed by atoms with Gasteiger partial charge in [-0.15, -0.1) is 0 Å². The summed E-state index contributed by atoms with van der Waals surface area (Å²) in [5, 5.41) is 12.2. The summed E-state index contributed by atoms with van der Waals surface area (Å²) >= 11 is 0. The molecule has 0 aromatic heterocycles. The SMILES string of the molecule is COC(=O)CNCCN(C(=O)OC(C)(C)C)C1CCc2ccc(C#N)cc2C1. The topological polar surface area (TPSA) is 91.7 Å². The van der Waals surface area contributed by atoms with E-state index in [2.05, 4.69) is 16.1 Å². The van der Waals surface area contributed by atoms with E-state index >= 15 is 0 Å². The molecule has 1 aromatic carbocycles. The minimum atomic E-state index is -0.588. The van der Waals surface area contributed by atoms with Crippen LogP contribution in [0.15, 0.2) is 18.2 Å². The molecule has 1 atom stereocenters. The molecular formula is C21H29N3O4. The van der Waals surface area contributed by atoms with Crippen molar-refractivity contribution in [2.24, 2.45) is 0 Å². The molecule has 2 rings (SSSR count). The maximum atomic E-state index is 12.8. The highest BCUT2D eigenvalue weighted by Crippen LogP contribution is 2.26. The number of fused-ring (bicyclic) bond motifs is 1. The van der Waals surface area contributed by atoms with E-state index in [0.29, 0.717) is 25.1 Å². The molecule has 0 spiro atoms. The van der Waals surface area contributed by atoms with Gasteiger partial charge in [-0.2, -0.15) is 5.26 Å². The van der Waals surface area contributed by atoms with Crippen molar-refractivity contribution >= 4 is 12.1 Å². The third-order valence-electron chi connectivity index (χ3n) is 4.63. The second kappa shape index (κ2) is 9.56. The van der Waals surface area contributed by atoms with Crippen LogP contribution in [0.2, 0.25) is 0 Å². The zero-order chi connectivity index (χ0) is 20.7. The van der Waals surface area contributed by atoms with Gasteiger partial charge in [0.25, 0.3) is 0 Å². The third-order valence-corrected chi connectivity index (χ3v) is 4.63. The van der Waals surface area contributed by atoms with E-state index in [1.807, 2.05) is 39.0 Å². The Morgan fingerprint density at radius 1 is 1.32 bits per heavy atom. The van der Waals surface area contributed by atoms with Crippen molar-refractivity contribution in [1.29, 1.82) is 5.26 Å². The quantitative estimate of drug-likeness (QED) is 0.595. The zero-order valence-electron chi connectivity index (χ0n) is 17.1. The first-order chi connectivity index (χ1) is 13.2. The summed E-state index contributed by atoms with van der Waals surface area (Å²) in [6.45, 7) is 6.49. The van der Waals surface area contributed by atoms with Gasteiger partial charge in [-0.3, -0.25) is 4.79 Å². The van der Waals surface area contributed by atoms with Crippen molar-refractivity contribution in [3.05, 3.63) is 34.9 Å². The number of nitrogens with zero attached hydrogens (tertiary/aromatic N) is 2. The third kappa shape index (κ3) is 6.24. The molecule has 1 amide bonds. The molecule has 1 aromatic rings. The van der Waals surface area contributed by atoms with Crippen LogP contribution >= 0.6 is 0 Å². The van der Waals surface area contributed by atoms with E-state index in [1.54, 1.807) is 4.90 Å². The minimum absolute atomic E-state index is 0.0174. The average Bonchev–Trinajstić information content (AvgIpc) is 2.65. The molecule has 1 aliphatic carbocycles. The number of ether oxygens (including phenoxy) is 2. The number of methoxy groups -OCH3 is 1. The Balaban J connectivity index is 2.10. The lowest BCUT2D eigenvalue weighted by Gasteiger charge is -2.36. The number of esters is 1. The molecule has 7 heteroatoms. The van der Waals surface area contributed by atoms with Gasteiger partial charge in [-0.05, 0) is 63.3 Å². The second-order valence-corrected chi connectivity index (χ2v) is 7.92. The number of amides is 1. The first-order valence-electron chi connectivity index (χ1n) is 9.52. The van der Waals surface area contributed by atoms with Crippen molar-refractivity contribution < 1.29 is 19.1 Å². The van der Waals surface area contributed by atoms with Gasteiger partial charge in [0.2, 0.25) is 0 Å². The lowest BCUT2D eigenvalue weighted by molar-refractivity contribution is -0.139. The van der Waals surface area contributed by atoms with E-state index in [9.17, 15) is 9.59 Å². The normalized spacial score (nSPS) is 15.9. The van der Waals surface area contributed by atoms with Gasteiger partial charge in [0.05, 0.1) is 25.3 Å². The summed E-state index contributed by atoms with van der Waals surface area (Å²) in [4.78, 5) is 25.8. The predicted octanol–water partition coefficient (Wildman–Crippen LogP) is 2.42. The van der Waals surface area contributed by atoms with Gasteiger partial charge >= 0.3 is 12.1 Å². The Hall–Kier alpha value is -2.59.